The second-order valence-electron chi connectivity index (χ2n) is 3.73. The van der Waals surface area contributed by atoms with Crippen molar-refractivity contribution in [3.8, 4) is 0 Å². The number of nitrogens with one attached hydrogen (secondary N) is 1. The van der Waals surface area contributed by atoms with E-state index in [2.05, 4.69) is 11.9 Å². The number of amides is 1. The number of rotatable bonds is 4. The molecule has 0 aromatic heterocycles. The van der Waals surface area contributed by atoms with Crippen molar-refractivity contribution >= 4 is 5.91 Å². The van der Waals surface area contributed by atoms with E-state index in [0.717, 1.165) is 13.1 Å². The Morgan fingerprint density at radius 1 is 1.69 bits per heavy atom. The topological polar surface area (TPSA) is 32.3 Å². The summed E-state index contributed by atoms with van der Waals surface area (Å²) in [5.41, 5.74) is 0. The minimum Gasteiger partial charge on any atom is -0.336 e. The van der Waals surface area contributed by atoms with Gasteiger partial charge in [0.1, 0.15) is 0 Å². The summed E-state index contributed by atoms with van der Waals surface area (Å²) in [7, 11) is 0. The number of carbonyl (C=O) groups is 1. The maximum Gasteiger partial charge on any atom is 0.228 e. The summed E-state index contributed by atoms with van der Waals surface area (Å²) in [4.78, 5) is 13.7. The molecular formula is C10H18N2O. The first-order chi connectivity index (χ1) is 6.16. The molecule has 1 heterocycles. The molecule has 0 unspecified atom stereocenters. The Bertz CT molecular complexity index is 197. The van der Waals surface area contributed by atoms with Crippen LogP contribution >= 0.6 is 0 Å². The first-order valence-electron chi connectivity index (χ1n) is 4.79. The van der Waals surface area contributed by atoms with Crippen molar-refractivity contribution in [3.63, 3.8) is 0 Å². The van der Waals surface area contributed by atoms with E-state index in [1.54, 1.807) is 6.08 Å². The lowest BCUT2D eigenvalue weighted by atomic mass is 10.0. The van der Waals surface area contributed by atoms with E-state index >= 15 is 0 Å². The normalized spacial score (nSPS) is 16.8. The minimum absolute atomic E-state index is 0.197. The van der Waals surface area contributed by atoms with Crippen LogP contribution in [0.25, 0.3) is 0 Å². The van der Waals surface area contributed by atoms with Crippen LogP contribution in [0.2, 0.25) is 0 Å². The van der Waals surface area contributed by atoms with Crippen LogP contribution in [0, 0.1) is 5.92 Å². The number of carbonyl (C=O) groups excluding carboxylic acids is 1. The fourth-order valence-corrected chi connectivity index (χ4v) is 1.39. The molecule has 3 heteroatoms. The number of hydrogen-bond donors (Lipinski definition) is 1. The molecule has 0 atom stereocenters. The van der Waals surface area contributed by atoms with Crippen molar-refractivity contribution < 1.29 is 4.79 Å². The third-order valence-corrected chi connectivity index (χ3v) is 2.36. The van der Waals surface area contributed by atoms with Crippen molar-refractivity contribution in [2.45, 2.75) is 19.9 Å². The minimum atomic E-state index is 0.197. The lowest BCUT2D eigenvalue weighted by Gasteiger charge is -2.34. The van der Waals surface area contributed by atoms with E-state index in [0.29, 0.717) is 6.54 Å². The molecular weight excluding hydrogens is 164 g/mol. The maximum absolute atomic E-state index is 11.8. The average Bonchev–Trinajstić information content (AvgIpc) is 1.95. The predicted octanol–water partition coefficient (Wildman–Crippen LogP) is 0.629. The lowest BCUT2D eigenvalue weighted by molar-refractivity contribution is -0.138. The van der Waals surface area contributed by atoms with Crippen LogP contribution in [-0.2, 0) is 4.79 Å². The predicted molar refractivity (Wildman–Crippen MR) is 53.4 cm³/mol. The van der Waals surface area contributed by atoms with E-state index < -0.39 is 0 Å². The molecule has 0 saturated carbocycles. The smallest absolute Gasteiger partial charge is 0.228 e. The fourth-order valence-electron chi connectivity index (χ4n) is 1.39. The van der Waals surface area contributed by atoms with E-state index in [1.165, 1.54) is 0 Å². The quantitative estimate of drug-likeness (QED) is 0.647. The summed E-state index contributed by atoms with van der Waals surface area (Å²) < 4.78 is 0. The van der Waals surface area contributed by atoms with Gasteiger partial charge in [-0.05, 0) is 13.8 Å². The monoisotopic (exact) mass is 182 g/mol. The molecule has 0 radical (unpaired) electrons. The van der Waals surface area contributed by atoms with E-state index in [4.69, 9.17) is 0 Å². The summed E-state index contributed by atoms with van der Waals surface area (Å²) in [6.45, 7) is 10.1. The summed E-state index contributed by atoms with van der Waals surface area (Å²) in [6, 6.07) is 0.270. The summed E-state index contributed by atoms with van der Waals surface area (Å²) >= 11 is 0. The molecule has 0 spiro atoms. The Balaban J connectivity index is 2.51. The zero-order valence-electron chi connectivity index (χ0n) is 8.42. The highest BCUT2D eigenvalue weighted by Gasteiger charge is 2.29. The Morgan fingerprint density at radius 3 is 2.62 bits per heavy atom. The highest BCUT2D eigenvalue weighted by Crippen LogP contribution is 2.10. The second-order valence-corrected chi connectivity index (χ2v) is 3.73. The summed E-state index contributed by atoms with van der Waals surface area (Å²) in [5.74, 6) is 0.455. The molecule has 0 aliphatic carbocycles. The molecule has 13 heavy (non-hydrogen) atoms. The fraction of sp³-hybridized carbons (Fsp3) is 0.700. The third-order valence-electron chi connectivity index (χ3n) is 2.36. The van der Waals surface area contributed by atoms with Gasteiger partial charge in [-0.3, -0.25) is 4.79 Å². The van der Waals surface area contributed by atoms with Crippen molar-refractivity contribution in [2.75, 3.05) is 19.6 Å². The molecule has 1 rings (SSSR count). The van der Waals surface area contributed by atoms with Gasteiger partial charge in [0.25, 0.3) is 0 Å². The van der Waals surface area contributed by atoms with Crippen molar-refractivity contribution in [1.82, 2.24) is 10.2 Å². The van der Waals surface area contributed by atoms with Crippen LogP contribution in [-0.4, -0.2) is 36.5 Å². The van der Waals surface area contributed by atoms with Gasteiger partial charge in [0.2, 0.25) is 5.91 Å². The third kappa shape index (κ3) is 2.31. The van der Waals surface area contributed by atoms with Crippen molar-refractivity contribution in [2.24, 2.45) is 5.92 Å². The standard InChI is InChI=1S/C10H18N2O/c1-4-5-12(8(2)3)10(13)9-6-11-7-9/h4,8-9,11H,1,5-7H2,2-3H3. The van der Waals surface area contributed by atoms with Gasteiger partial charge in [-0.1, -0.05) is 6.08 Å². The van der Waals surface area contributed by atoms with Gasteiger partial charge in [0.15, 0.2) is 0 Å². The van der Waals surface area contributed by atoms with E-state index in [-0.39, 0.29) is 17.9 Å². The van der Waals surface area contributed by atoms with Gasteiger partial charge in [-0.25, -0.2) is 0 Å². The molecule has 1 aliphatic rings. The molecule has 1 aliphatic heterocycles. The lowest BCUT2D eigenvalue weighted by Crippen LogP contribution is -2.53. The molecule has 1 amide bonds. The first-order valence-corrected chi connectivity index (χ1v) is 4.79. The van der Waals surface area contributed by atoms with Crippen LogP contribution in [0.5, 0.6) is 0 Å². The van der Waals surface area contributed by atoms with Gasteiger partial charge in [-0.2, -0.15) is 0 Å². The second kappa shape index (κ2) is 4.42. The molecule has 0 bridgehead atoms. The average molecular weight is 182 g/mol. The van der Waals surface area contributed by atoms with Gasteiger partial charge < -0.3 is 10.2 Å². The highest BCUT2D eigenvalue weighted by molar-refractivity contribution is 5.80. The number of nitrogens with zero attached hydrogens (tertiary/aromatic N) is 1. The molecule has 1 fully saturated rings. The van der Waals surface area contributed by atoms with Gasteiger partial charge in [0.05, 0.1) is 5.92 Å². The Kier molecular flexibility index (Phi) is 3.48. The molecule has 74 valence electrons. The molecule has 0 aromatic carbocycles. The Labute approximate surface area is 79.8 Å². The van der Waals surface area contributed by atoms with Crippen LogP contribution in [0.4, 0.5) is 0 Å². The Hall–Kier alpha value is -0.830. The zero-order chi connectivity index (χ0) is 9.84. The highest BCUT2D eigenvalue weighted by atomic mass is 16.2. The SMILES string of the molecule is C=CCN(C(=O)C1CNC1)C(C)C. The molecule has 1 saturated heterocycles. The zero-order valence-corrected chi connectivity index (χ0v) is 8.42. The van der Waals surface area contributed by atoms with Crippen LogP contribution < -0.4 is 5.32 Å². The van der Waals surface area contributed by atoms with Gasteiger partial charge in [-0.15, -0.1) is 6.58 Å². The van der Waals surface area contributed by atoms with Crippen LogP contribution in [0.1, 0.15) is 13.8 Å². The number of hydrogen-bond acceptors (Lipinski definition) is 2. The van der Waals surface area contributed by atoms with Crippen LogP contribution in [0.15, 0.2) is 12.7 Å². The van der Waals surface area contributed by atoms with Crippen LogP contribution in [0.3, 0.4) is 0 Å². The van der Waals surface area contributed by atoms with E-state index in [1.807, 2.05) is 18.7 Å². The Morgan fingerprint density at radius 2 is 2.31 bits per heavy atom. The summed E-state index contributed by atoms with van der Waals surface area (Å²) in [6.07, 6.45) is 1.78. The summed E-state index contributed by atoms with van der Waals surface area (Å²) in [5, 5.41) is 3.10. The first kappa shape index (κ1) is 10.3. The van der Waals surface area contributed by atoms with Gasteiger partial charge in [0, 0.05) is 25.7 Å². The maximum atomic E-state index is 11.8. The molecule has 3 nitrogen and oxygen atoms in total. The molecule has 1 N–H and O–H groups in total. The van der Waals surface area contributed by atoms with Gasteiger partial charge >= 0.3 is 0 Å². The van der Waals surface area contributed by atoms with E-state index in [9.17, 15) is 4.79 Å². The largest absolute Gasteiger partial charge is 0.336 e. The van der Waals surface area contributed by atoms with Crippen molar-refractivity contribution in [3.05, 3.63) is 12.7 Å². The molecule has 0 aromatic rings. The van der Waals surface area contributed by atoms with Crippen molar-refractivity contribution in [1.29, 1.82) is 0 Å².